The smallest absolute Gasteiger partial charge is 0.261 e. The Labute approximate surface area is 120 Å². The topological polar surface area (TPSA) is 49.4 Å². The molecule has 0 bridgehead atoms. The fourth-order valence-corrected chi connectivity index (χ4v) is 3.08. The SMILES string of the molecule is CCN1C=CC=CC(NS(=O)(=O)c2ccccc2)=C1C. The van der Waals surface area contributed by atoms with Crippen LogP contribution >= 0.6 is 0 Å². The third-order valence-electron chi connectivity index (χ3n) is 3.10. The molecule has 0 unspecified atom stereocenters. The van der Waals surface area contributed by atoms with E-state index in [-0.39, 0.29) is 4.90 Å². The Hall–Kier alpha value is -2.01. The second kappa shape index (κ2) is 5.96. The summed E-state index contributed by atoms with van der Waals surface area (Å²) >= 11 is 0. The van der Waals surface area contributed by atoms with Crippen molar-refractivity contribution in [2.45, 2.75) is 18.7 Å². The summed E-state index contributed by atoms with van der Waals surface area (Å²) in [6.07, 6.45) is 7.40. The highest BCUT2D eigenvalue weighted by Crippen LogP contribution is 2.16. The van der Waals surface area contributed by atoms with E-state index in [4.69, 9.17) is 0 Å². The number of nitrogens with zero attached hydrogens (tertiary/aromatic N) is 1. The summed E-state index contributed by atoms with van der Waals surface area (Å²) < 4.78 is 27.3. The van der Waals surface area contributed by atoms with Crippen molar-refractivity contribution in [3.05, 3.63) is 66.2 Å². The summed E-state index contributed by atoms with van der Waals surface area (Å²) in [4.78, 5) is 2.25. The zero-order valence-electron chi connectivity index (χ0n) is 11.6. The highest BCUT2D eigenvalue weighted by molar-refractivity contribution is 7.89. The van der Waals surface area contributed by atoms with Crippen molar-refractivity contribution in [2.24, 2.45) is 0 Å². The average molecular weight is 290 g/mol. The minimum absolute atomic E-state index is 0.258. The van der Waals surface area contributed by atoms with Crippen LogP contribution in [0.5, 0.6) is 0 Å². The lowest BCUT2D eigenvalue weighted by atomic mass is 10.3. The van der Waals surface area contributed by atoms with Crippen LogP contribution in [0.1, 0.15) is 13.8 Å². The van der Waals surface area contributed by atoms with Crippen molar-refractivity contribution in [3.8, 4) is 0 Å². The lowest BCUT2D eigenvalue weighted by molar-refractivity contribution is 0.486. The van der Waals surface area contributed by atoms with Gasteiger partial charge in [-0.1, -0.05) is 24.3 Å². The van der Waals surface area contributed by atoms with E-state index in [2.05, 4.69) is 4.72 Å². The van der Waals surface area contributed by atoms with E-state index in [1.54, 1.807) is 36.4 Å². The van der Waals surface area contributed by atoms with E-state index in [9.17, 15) is 8.42 Å². The molecule has 4 nitrogen and oxygen atoms in total. The van der Waals surface area contributed by atoms with E-state index in [0.29, 0.717) is 5.70 Å². The molecule has 1 aliphatic rings. The molecular weight excluding hydrogens is 272 g/mol. The third-order valence-corrected chi connectivity index (χ3v) is 4.48. The van der Waals surface area contributed by atoms with Gasteiger partial charge >= 0.3 is 0 Å². The molecule has 106 valence electrons. The van der Waals surface area contributed by atoms with Crippen molar-refractivity contribution in [3.63, 3.8) is 0 Å². The number of rotatable bonds is 4. The van der Waals surface area contributed by atoms with Gasteiger partial charge in [-0.2, -0.15) is 0 Å². The summed E-state index contributed by atoms with van der Waals surface area (Å²) in [6, 6.07) is 8.36. The first-order valence-corrected chi connectivity index (χ1v) is 7.93. The number of hydrogen-bond donors (Lipinski definition) is 1. The van der Waals surface area contributed by atoms with Crippen LogP contribution in [0.4, 0.5) is 0 Å². The second-order valence-electron chi connectivity index (χ2n) is 4.40. The van der Waals surface area contributed by atoms with Crippen molar-refractivity contribution in [1.82, 2.24) is 9.62 Å². The number of nitrogens with one attached hydrogen (secondary N) is 1. The molecule has 0 atom stereocenters. The van der Waals surface area contributed by atoms with Gasteiger partial charge in [0, 0.05) is 18.4 Å². The summed E-state index contributed by atoms with van der Waals surface area (Å²) in [7, 11) is -3.55. The quantitative estimate of drug-likeness (QED) is 0.927. The Morgan fingerprint density at radius 1 is 1.15 bits per heavy atom. The molecule has 0 spiro atoms. The molecule has 1 heterocycles. The standard InChI is InChI=1S/C15H18N2O2S/c1-3-17-12-8-7-11-15(13(17)2)16-20(18,19)14-9-5-4-6-10-14/h4-12,16H,3H2,1-2H3. The zero-order valence-corrected chi connectivity index (χ0v) is 12.4. The minimum atomic E-state index is -3.55. The largest absolute Gasteiger partial charge is 0.350 e. The Morgan fingerprint density at radius 2 is 1.85 bits per heavy atom. The van der Waals surface area contributed by atoms with Crippen LogP contribution in [-0.4, -0.2) is 19.9 Å². The third kappa shape index (κ3) is 3.11. The fraction of sp³-hybridized carbons (Fsp3) is 0.200. The lowest BCUT2D eigenvalue weighted by Gasteiger charge is -2.21. The fourth-order valence-electron chi connectivity index (χ4n) is 1.95. The predicted octanol–water partition coefficient (Wildman–Crippen LogP) is 2.60. The monoisotopic (exact) mass is 290 g/mol. The van der Waals surface area contributed by atoms with Crippen molar-refractivity contribution < 1.29 is 8.42 Å². The Balaban J connectivity index is 2.33. The maximum absolute atomic E-state index is 12.3. The highest BCUT2D eigenvalue weighted by Gasteiger charge is 2.17. The molecule has 0 amide bonds. The van der Waals surface area contributed by atoms with Crippen LogP contribution in [0.25, 0.3) is 0 Å². The van der Waals surface area contributed by atoms with Gasteiger partial charge in [0.1, 0.15) is 0 Å². The normalized spacial score (nSPS) is 15.4. The van der Waals surface area contributed by atoms with Crippen LogP contribution in [0.15, 0.2) is 71.0 Å². The maximum atomic E-state index is 12.3. The van der Waals surface area contributed by atoms with E-state index < -0.39 is 10.0 Å². The number of benzene rings is 1. The van der Waals surface area contributed by atoms with Gasteiger partial charge in [0.25, 0.3) is 10.0 Å². The van der Waals surface area contributed by atoms with Gasteiger partial charge in [0.15, 0.2) is 0 Å². The number of hydrogen-bond acceptors (Lipinski definition) is 3. The van der Waals surface area contributed by atoms with Crippen LogP contribution in [-0.2, 0) is 10.0 Å². The van der Waals surface area contributed by atoms with Gasteiger partial charge in [-0.25, -0.2) is 8.42 Å². The van der Waals surface area contributed by atoms with Gasteiger partial charge in [0.05, 0.1) is 10.6 Å². The van der Waals surface area contributed by atoms with E-state index in [1.165, 1.54) is 0 Å². The van der Waals surface area contributed by atoms with E-state index in [1.807, 2.05) is 37.1 Å². The van der Waals surface area contributed by atoms with Crippen LogP contribution in [0, 0.1) is 0 Å². The molecule has 1 aromatic carbocycles. The van der Waals surface area contributed by atoms with Gasteiger partial charge < -0.3 is 4.90 Å². The summed E-state index contributed by atoms with van der Waals surface area (Å²) in [5.41, 5.74) is 1.46. The molecule has 0 aromatic heterocycles. The molecule has 1 aliphatic heterocycles. The molecular formula is C15H18N2O2S. The predicted molar refractivity (Wildman–Crippen MR) is 80.1 cm³/mol. The number of allylic oxidation sites excluding steroid dienone is 4. The first kappa shape index (κ1) is 14.4. The maximum Gasteiger partial charge on any atom is 0.261 e. The molecule has 20 heavy (non-hydrogen) atoms. The average Bonchev–Trinajstić information content (AvgIpc) is 2.62. The minimum Gasteiger partial charge on any atom is -0.350 e. The van der Waals surface area contributed by atoms with Gasteiger partial charge in [-0.3, -0.25) is 4.72 Å². The molecule has 0 aliphatic carbocycles. The summed E-state index contributed by atoms with van der Waals surface area (Å²) in [6.45, 7) is 4.69. The van der Waals surface area contributed by atoms with Crippen LogP contribution in [0.2, 0.25) is 0 Å². The Morgan fingerprint density at radius 3 is 2.50 bits per heavy atom. The lowest BCUT2D eigenvalue weighted by Crippen LogP contribution is -2.26. The second-order valence-corrected chi connectivity index (χ2v) is 6.09. The molecule has 0 radical (unpaired) electrons. The van der Waals surface area contributed by atoms with Crippen LogP contribution in [0.3, 0.4) is 0 Å². The van der Waals surface area contributed by atoms with E-state index >= 15 is 0 Å². The first-order chi connectivity index (χ1) is 9.54. The first-order valence-electron chi connectivity index (χ1n) is 6.45. The van der Waals surface area contributed by atoms with Gasteiger partial charge in [-0.05, 0) is 38.1 Å². The van der Waals surface area contributed by atoms with Crippen LogP contribution < -0.4 is 4.72 Å². The van der Waals surface area contributed by atoms with Crippen molar-refractivity contribution >= 4 is 10.0 Å². The molecule has 0 saturated carbocycles. The molecule has 1 aromatic rings. The summed E-state index contributed by atoms with van der Waals surface area (Å²) in [5, 5.41) is 0. The zero-order chi connectivity index (χ0) is 14.6. The van der Waals surface area contributed by atoms with Gasteiger partial charge in [-0.15, -0.1) is 0 Å². The van der Waals surface area contributed by atoms with Gasteiger partial charge in [0.2, 0.25) is 0 Å². The van der Waals surface area contributed by atoms with Crippen molar-refractivity contribution in [2.75, 3.05) is 6.54 Å². The van der Waals surface area contributed by atoms with Crippen molar-refractivity contribution in [1.29, 1.82) is 0 Å². The molecule has 0 fully saturated rings. The molecule has 0 saturated heterocycles. The highest BCUT2D eigenvalue weighted by atomic mass is 32.2. The van der Waals surface area contributed by atoms with E-state index in [0.717, 1.165) is 12.2 Å². The Kier molecular flexibility index (Phi) is 4.29. The molecule has 1 N–H and O–H groups in total. The molecule has 5 heteroatoms. The Bertz CT molecular complexity index is 658. The summed E-state index contributed by atoms with van der Waals surface area (Å²) in [5.74, 6) is 0. The number of sulfonamides is 1. The molecule has 2 rings (SSSR count).